The van der Waals surface area contributed by atoms with E-state index in [0.29, 0.717) is 12.8 Å². The molecule has 0 spiro atoms. The van der Waals surface area contributed by atoms with E-state index in [1.807, 2.05) is 6.92 Å². The molecule has 0 aromatic heterocycles. The Balaban J connectivity index is 2.25. The quantitative estimate of drug-likeness (QED) is 0.715. The summed E-state index contributed by atoms with van der Waals surface area (Å²) in [7, 11) is 0. The van der Waals surface area contributed by atoms with Crippen LogP contribution in [0.3, 0.4) is 0 Å². The summed E-state index contributed by atoms with van der Waals surface area (Å²) in [5.74, 6) is -0.910. The third-order valence-electron chi connectivity index (χ3n) is 3.83. The molecule has 0 saturated carbocycles. The molecule has 1 atom stereocenters. The summed E-state index contributed by atoms with van der Waals surface area (Å²) < 4.78 is 0. The topological polar surface area (TPSA) is 69.6 Å². The first-order chi connectivity index (χ1) is 8.48. The molecule has 1 unspecified atom stereocenters. The monoisotopic (exact) mass is 256 g/mol. The standard InChI is InChI=1S/C13H24N2O3/c1-3-13(2,12(17)18)10-14-11(16)6-9-15-7-4-5-8-15/h3-10H2,1-2H3,(H,14,16)(H,17,18). The lowest BCUT2D eigenvalue weighted by Crippen LogP contribution is -2.41. The number of carboxylic acid groups (broad SMARTS) is 1. The molecule has 2 N–H and O–H groups in total. The fraction of sp³-hybridized carbons (Fsp3) is 0.846. The van der Waals surface area contributed by atoms with E-state index in [0.717, 1.165) is 19.6 Å². The van der Waals surface area contributed by atoms with Gasteiger partial charge < -0.3 is 15.3 Å². The Labute approximate surface area is 109 Å². The maximum atomic E-state index is 11.7. The second kappa shape index (κ2) is 6.73. The summed E-state index contributed by atoms with van der Waals surface area (Å²) in [6.45, 7) is 6.63. The van der Waals surface area contributed by atoms with Gasteiger partial charge in [0.05, 0.1) is 5.41 Å². The molecule has 1 amide bonds. The minimum Gasteiger partial charge on any atom is -0.481 e. The number of rotatable bonds is 7. The van der Waals surface area contributed by atoms with Gasteiger partial charge in [-0.15, -0.1) is 0 Å². The molecule has 1 aliphatic heterocycles. The van der Waals surface area contributed by atoms with E-state index in [2.05, 4.69) is 10.2 Å². The maximum Gasteiger partial charge on any atom is 0.311 e. The lowest BCUT2D eigenvalue weighted by atomic mass is 9.88. The van der Waals surface area contributed by atoms with Gasteiger partial charge in [-0.3, -0.25) is 9.59 Å². The number of hydrogen-bond acceptors (Lipinski definition) is 3. The molecule has 1 aliphatic rings. The van der Waals surface area contributed by atoms with E-state index in [1.54, 1.807) is 6.92 Å². The highest BCUT2D eigenvalue weighted by molar-refractivity contribution is 5.78. The summed E-state index contributed by atoms with van der Waals surface area (Å²) >= 11 is 0. The zero-order valence-electron chi connectivity index (χ0n) is 11.4. The third-order valence-corrected chi connectivity index (χ3v) is 3.83. The van der Waals surface area contributed by atoms with Gasteiger partial charge in [0.2, 0.25) is 5.91 Å². The Morgan fingerprint density at radius 1 is 1.33 bits per heavy atom. The predicted octanol–water partition coefficient (Wildman–Crippen LogP) is 1.09. The van der Waals surface area contributed by atoms with Crippen LogP contribution in [-0.2, 0) is 9.59 Å². The van der Waals surface area contributed by atoms with Crippen molar-refractivity contribution in [3.8, 4) is 0 Å². The molecular weight excluding hydrogens is 232 g/mol. The minimum atomic E-state index is -0.858. The van der Waals surface area contributed by atoms with Crippen molar-refractivity contribution in [1.29, 1.82) is 0 Å². The van der Waals surface area contributed by atoms with Crippen LogP contribution >= 0.6 is 0 Å². The number of hydrogen-bond donors (Lipinski definition) is 2. The number of carbonyl (C=O) groups excluding carboxylic acids is 1. The Morgan fingerprint density at radius 3 is 2.44 bits per heavy atom. The highest BCUT2D eigenvalue weighted by Gasteiger charge is 2.31. The molecule has 0 aliphatic carbocycles. The van der Waals surface area contributed by atoms with Gasteiger partial charge in [0, 0.05) is 19.5 Å². The van der Waals surface area contributed by atoms with Gasteiger partial charge in [0.25, 0.3) is 0 Å². The van der Waals surface area contributed by atoms with Crippen molar-refractivity contribution in [3.05, 3.63) is 0 Å². The van der Waals surface area contributed by atoms with Crippen LogP contribution in [0.15, 0.2) is 0 Å². The summed E-state index contributed by atoms with van der Waals surface area (Å²) in [6, 6.07) is 0. The molecule has 5 nitrogen and oxygen atoms in total. The van der Waals surface area contributed by atoms with Crippen LogP contribution in [0.2, 0.25) is 0 Å². The van der Waals surface area contributed by atoms with Crippen molar-refractivity contribution in [2.24, 2.45) is 5.41 Å². The smallest absolute Gasteiger partial charge is 0.311 e. The second-order valence-electron chi connectivity index (χ2n) is 5.29. The van der Waals surface area contributed by atoms with Gasteiger partial charge >= 0.3 is 5.97 Å². The normalized spacial score (nSPS) is 19.4. The van der Waals surface area contributed by atoms with E-state index in [-0.39, 0.29) is 12.5 Å². The second-order valence-corrected chi connectivity index (χ2v) is 5.29. The third kappa shape index (κ3) is 4.29. The Hall–Kier alpha value is -1.10. The van der Waals surface area contributed by atoms with Crippen molar-refractivity contribution in [2.45, 2.75) is 39.5 Å². The van der Waals surface area contributed by atoms with Crippen molar-refractivity contribution in [2.75, 3.05) is 26.2 Å². The van der Waals surface area contributed by atoms with Crippen molar-refractivity contribution >= 4 is 11.9 Å². The molecule has 0 aromatic rings. The predicted molar refractivity (Wildman–Crippen MR) is 69.3 cm³/mol. The van der Waals surface area contributed by atoms with Gasteiger partial charge in [-0.1, -0.05) is 6.92 Å². The summed E-state index contributed by atoms with van der Waals surface area (Å²) in [5, 5.41) is 11.8. The van der Waals surface area contributed by atoms with Crippen LogP contribution in [-0.4, -0.2) is 48.1 Å². The fourth-order valence-electron chi connectivity index (χ4n) is 2.00. The Kier molecular flexibility index (Phi) is 5.59. The molecule has 18 heavy (non-hydrogen) atoms. The van der Waals surface area contributed by atoms with E-state index in [4.69, 9.17) is 5.11 Å². The first-order valence-electron chi connectivity index (χ1n) is 6.70. The zero-order chi connectivity index (χ0) is 13.6. The number of nitrogens with one attached hydrogen (secondary N) is 1. The van der Waals surface area contributed by atoms with Crippen molar-refractivity contribution in [1.82, 2.24) is 10.2 Å². The first kappa shape index (κ1) is 15.0. The van der Waals surface area contributed by atoms with Gasteiger partial charge in [-0.2, -0.15) is 0 Å². The van der Waals surface area contributed by atoms with Crippen molar-refractivity contribution < 1.29 is 14.7 Å². The summed E-state index contributed by atoms with van der Waals surface area (Å²) in [4.78, 5) is 25.0. The minimum absolute atomic E-state index is 0.0529. The number of carbonyl (C=O) groups is 2. The lowest BCUT2D eigenvalue weighted by Gasteiger charge is -2.23. The molecule has 0 bridgehead atoms. The average molecular weight is 256 g/mol. The lowest BCUT2D eigenvalue weighted by molar-refractivity contribution is -0.148. The first-order valence-corrected chi connectivity index (χ1v) is 6.70. The summed E-state index contributed by atoms with van der Waals surface area (Å²) in [6.07, 6.45) is 3.40. The Bertz CT molecular complexity index is 301. The largest absolute Gasteiger partial charge is 0.481 e. The van der Waals surface area contributed by atoms with Gasteiger partial charge in [-0.25, -0.2) is 0 Å². The van der Waals surface area contributed by atoms with E-state index < -0.39 is 11.4 Å². The fourth-order valence-corrected chi connectivity index (χ4v) is 2.00. The van der Waals surface area contributed by atoms with Gasteiger partial charge in [0.1, 0.15) is 0 Å². The molecule has 0 radical (unpaired) electrons. The van der Waals surface area contributed by atoms with Gasteiger partial charge in [0.15, 0.2) is 0 Å². The van der Waals surface area contributed by atoms with Crippen LogP contribution in [0, 0.1) is 5.41 Å². The molecule has 1 fully saturated rings. The van der Waals surface area contributed by atoms with Gasteiger partial charge in [-0.05, 0) is 39.3 Å². The summed E-state index contributed by atoms with van der Waals surface area (Å²) in [5.41, 5.74) is -0.858. The average Bonchev–Trinajstić information content (AvgIpc) is 2.86. The molecule has 1 rings (SSSR count). The molecular formula is C13H24N2O3. The van der Waals surface area contributed by atoms with E-state index in [9.17, 15) is 9.59 Å². The highest BCUT2D eigenvalue weighted by Crippen LogP contribution is 2.19. The van der Waals surface area contributed by atoms with Crippen molar-refractivity contribution in [3.63, 3.8) is 0 Å². The molecule has 104 valence electrons. The SMILES string of the molecule is CCC(C)(CNC(=O)CCN1CCCC1)C(=O)O. The van der Waals surface area contributed by atoms with E-state index >= 15 is 0 Å². The number of nitrogens with zero attached hydrogens (tertiary/aromatic N) is 1. The zero-order valence-corrected chi connectivity index (χ0v) is 11.4. The molecule has 1 heterocycles. The van der Waals surface area contributed by atoms with Crippen LogP contribution in [0.4, 0.5) is 0 Å². The molecule has 0 aromatic carbocycles. The number of amides is 1. The number of aliphatic carboxylic acids is 1. The highest BCUT2D eigenvalue weighted by atomic mass is 16.4. The number of carboxylic acids is 1. The van der Waals surface area contributed by atoms with Crippen LogP contribution < -0.4 is 5.32 Å². The molecule has 5 heteroatoms. The number of likely N-dealkylation sites (tertiary alicyclic amines) is 1. The van der Waals surface area contributed by atoms with Crippen LogP contribution in [0.5, 0.6) is 0 Å². The maximum absolute atomic E-state index is 11.7. The van der Waals surface area contributed by atoms with E-state index in [1.165, 1.54) is 12.8 Å². The molecule has 1 saturated heterocycles. The van der Waals surface area contributed by atoms with Crippen LogP contribution in [0.1, 0.15) is 39.5 Å². The van der Waals surface area contributed by atoms with Crippen LogP contribution in [0.25, 0.3) is 0 Å². The Morgan fingerprint density at radius 2 is 1.94 bits per heavy atom.